The Balaban J connectivity index is 2.47. The first-order chi connectivity index (χ1) is 8.49. The van der Waals surface area contributed by atoms with Crippen LogP contribution in [0.25, 0.3) is 0 Å². The fourth-order valence-corrected chi connectivity index (χ4v) is 1.99. The first-order valence-corrected chi connectivity index (χ1v) is 5.63. The van der Waals surface area contributed by atoms with E-state index in [4.69, 9.17) is 5.73 Å². The number of benzene rings is 1. The summed E-state index contributed by atoms with van der Waals surface area (Å²) < 4.78 is 26.8. The summed E-state index contributed by atoms with van der Waals surface area (Å²) in [6.07, 6.45) is 0. The predicted octanol–water partition coefficient (Wildman–Crippen LogP) is 3.02. The smallest absolute Gasteiger partial charge is 0.163 e. The fourth-order valence-electron chi connectivity index (χ4n) is 1.99. The topological polar surface area (TPSA) is 38.9 Å². The summed E-state index contributed by atoms with van der Waals surface area (Å²) in [5.74, 6) is -1.78. The maximum atomic E-state index is 13.7. The van der Waals surface area contributed by atoms with Crippen LogP contribution in [0, 0.1) is 25.5 Å². The van der Waals surface area contributed by atoms with Crippen molar-refractivity contribution in [2.24, 2.45) is 5.73 Å². The normalized spacial score (nSPS) is 12.5. The molecule has 1 aromatic carbocycles. The minimum absolute atomic E-state index is 0.153. The summed E-state index contributed by atoms with van der Waals surface area (Å²) in [6.45, 7) is 3.68. The molecule has 0 amide bonds. The highest BCUT2D eigenvalue weighted by Crippen LogP contribution is 2.24. The van der Waals surface area contributed by atoms with Crippen molar-refractivity contribution in [3.8, 4) is 0 Å². The third kappa shape index (κ3) is 2.38. The minimum Gasteiger partial charge on any atom is -0.320 e. The van der Waals surface area contributed by atoms with Crippen LogP contribution in [0.15, 0.2) is 30.3 Å². The second kappa shape index (κ2) is 4.82. The summed E-state index contributed by atoms with van der Waals surface area (Å²) in [7, 11) is 0. The van der Waals surface area contributed by atoms with Gasteiger partial charge in [0, 0.05) is 17.0 Å². The van der Waals surface area contributed by atoms with E-state index in [2.05, 4.69) is 4.98 Å². The molecule has 2 aromatic rings. The van der Waals surface area contributed by atoms with Crippen LogP contribution in [0.5, 0.6) is 0 Å². The molecule has 0 fully saturated rings. The van der Waals surface area contributed by atoms with Crippen LogP contribution in [0.4, 0.5) is 8.78 Å². The molecule has 0 aliphatic rings. The highest BCUT2D eigenvalue weighted by Gasteiger charge is 2.16. The number of rotatable bonds is 2. The molecular weight excluding hydrogens is 234 g/mol. The molecule has 1 atom stereocenters. The van der Waals surface area contributed by atoms with Crippen LogP contribution in [-0.4, -0.2) is 4.98 Å². The summed E-state index contributed by atoms with van der Waals surface area (Å²) >= 11 is 0. The largest absolute Gasteiger partial charge is 0.320 e. The zero-order chi connectivity index (χ0) is 13.3. The van der Waals surface area contributed by atoms with Crippen molar-refractivity contribution >= 4 is 0 Å². The number of hydrogen-bond acceptors (Lipinski definition) is 2. The Kier molecular flexibility index (Phi) is 3.39. The molecule has 1 heterocycles. The van der Waals surface area contributed by atoms with Gasteiger partial charge in [-0.15, -0.1) is 0 Å². The minimum atomic E-state index is -0.892. The van der Waals surface area contributed by atoms with E-state index in [-0.39, 0.29) is 5.56 Å². The molecule has 2 nitrogen and oxygen atoms in total. The Morgan fingerprint density at radius 1 is 1.11 bits per heavy atom. The third-order valence-electron chi connectivity index (χ3n) is 2.78. The maximum absolute atomic E-state index is 13.7. The lowest BCUT2D eigenvalue weighted by Crippen LogP contribution is -2.15. The van der Waals surface area contributed by atoms with Crippen molar-refractivity contribution < 1.29 is 8.78 Å². The van der Waals surface area contributed by atoms with Gasteiger partial charge in [0.05, 0.1) is 6.04 Å². The van der Waals surface area contributed by atoms with Crippen molar-refractivity contribution in [3.63, 3.8) is 0 Å². The number of nitrogens with two attached hydrogens (primary N) is 1. The molecule has 0 saturated heterocycles. The zero-order valence-corrected chi connectivity index (χ0v) is 10.2. The molecule has 0 aliphatic carbocycles. The van der Waals surface area contributed by atoms with Crippen molar-refractivity contribution in [2.75, 3.05) is 0 Å². The van der Waals surface area contributed by atoms with Crippen LogP contribution < -0.4 is 5.73 Å². The Labute approximate surface area is 104 Å². The van der Waals surface area contributed by atoms with E-state index in [0.29, 0.717) is 0 Å². The summed E-state index contributed by atoms with van der Waals surface area (Å²) in [5.41, 5.74) is 8.47. The van der Waals surface area contributed by atoms with E-state index >= 15 is 0 Å². The van der Waals surface area contributed by atoms with Gasteiger partial charge in [0.1, 0.15) is 0 Å². The summed E-state index contributed by atoms with van der Waals surface area (Å²) in [6, 6.07) is 6.89. The Morgan fingerprint density at radius 2 is 1.72 bits per heavy atom. The fraction of sp³-hybridized carbons (Fsp3) is 0.214. The van der Waals surface area contributed by atoms with Gasteiger partial charge < -0.3 is 5.73 Å². The number of aromatic nitrogens is 1. The van der Waals surface area contributed by atoms with Crippen LogP contribution in [0.2, 0.25) is 0 Å². The molecule has 1 aromatic heterocycles. The molecule has 94 valence electrons. The average Bonchev–Trinajstić information content (AvgIpc) is 2.30. The molecule has 0 aliphatic heterocycles. The first-order valence-electron chi connectivity index (χ1n) is 5.63. The van der Waals surface area contributed by atoms with Gasteiger partial charge in [-0.3, -0.25) is 4.98 Å². The molecule has 0 bridgehead atoms. The first kappa shape index (κ1) is 12.6. The number of pyridine rings is 1. The van der Waals surface area contributed by atoms with E-state index in [1.807, 2.05) is 13.8 Å². The molecular formula is C14H14F2N2. The third-order valence-corrected chi connectivity index (χ3v) is 2.78. The van der Waals surface area contributed by atoms with E-state index in [0.717, 1.165) is 23.0 Å². The lowest BCUT2D eigenvalue weighted by Gasteiger charge is -2.14. The van der Waals surface area contributed by atoms with Gasteiger partial charge >= 0.3 is 0 Å². The number of aryl methyl sites for hydroxylation is 2. The number of halogens is 2. The monoisotopic (exact) mass is 248 g/mol. The molecule has 18 heavy (non-hydrogen) atoms. The Bertz CT molecular complexity index is 562. The quantitative estimate of drug-likeness (QED) is 0.887. The molecule has 4 heteroatoms. The maximum Gasteiger partial charge on any atom is 0.163 e. The lowest BCUT2D eigenvalue weighted by atomic mass is 9.98. The van der Waals surface area contributed by atoms with Crippen LogP contribution >= 0.6 is 0 Å². The zero-order valence-electron chi connectivity index (χ0n) is 10.2. The standard InChI is InChI=1S/C14H14F2N2/c1-8-6-10(7-9(2)18-8)14(17)11-4-3-5-12(15)13(11)16/h3-7,14H,17H2,1-2H3. The summed E-state index contributed by atoms with van der Waals surface area (Å²) in [5, 5.41) is 0. The second-order valence-corrected chi connectivity index (χ2v) is 4.30. The second-order valence-electron chi connectivity index (χ2n) is 4.30. The SMILES string of the molecule is Cc1cc(C(N)c2cccc(F)c2F)cc(C)n1. The molecule has 2 rings (SSSR count). The Morgan fingerprint density at radius 3 is 2.33 bits per heavy atom. The van der Waals surface area contributed by atoms with Crippen molar-refractivity contribution in [2.45, 2.75) is 19.9 Å². The van der Waals surface area contributed by atoms with Gasteiger partial charge in [-0.25, -0.2) is 8.78 Å². The van der Waals surface area contributed by atoms with Crippen molar-refractivity contribution in [1.82, 2.24) is 4.98 Å². The highest BCUT2D eigenvalue weighted by atomic mass is 19.2. The van der Waals surface area contributed by atoms with Gasteiger partial charge in [-0.1, -0.05) is 12.1 Å². The van der Waals surface area contributed by atoms with Gasteiger partial charge in [-0.05, 0) is 37.6 Å². The molecule has 0 spiro atoms. The number of hydrogen-bond donors (Lipinski definition) is 1. The van der Waals surface area contributed by atoms with Crippen LogP contribution in [-0.2, 0) is 0 Å². The van der Waals surface area contributed by atoms with Crippen molar-refractivity contribution in [3.05, 3.63) is 64.5 Å². The molecule has 0 radical (unpaired) electrons. The van der Waals surface area contributed by atoms with Crippen molar-refractivity contribution in [1.29, 1.82) is 0 Å². The molecule has 0 saturated carbocycles. The molecule has 1 unspecified atom stereocenters. The summed E-state index contributed by atoms with van der Waals surface area (Å²) in [4.78, 5) is 4.23. The van der Waals surface area contributed by atoms with E-state index in [1.54, 1.807) is 12.1 Å². The van der Waals surface area contributed by atoms with Gasteiger partial charge in [0.25, 0.3) is 0 Å². The lowest BCUT2D eigenvalue weighted by molar-refractivity contribution is 0.494. The van der Waals surface area contributed by atoms with E-state index in [9.17, 15) is 8.78 Å². The Hall–Kier alpha value is -1.81. The van der Waals surface area contributed by atoms with Crippen LogP contribution in [0.3, 0.4) is 0 Å². The average molecular weight is 248 g/mol. The van der Waals surface area contributed by atoms with E-state index < -0.39 is 17.7 Å². The predicted molar refractivity (Wildman–Crippen MR) is 66.1 cm³/mol. The van der Waals surface area contributed by atoms with Crippen LogP contribution in [0.1, 0.15) is 28.6 Å². The van der Waals surface area contributed by atoms with Gasteiger partial charge in [0.2, 0.25) is 0 Å². The van der Waals surface area contributed by atoms with Gasteiger partial charge in [0.15, 0.2) is 11.6 Å². The van der Waals surface area contributed by atoms with E-state index in [1.165, 1.54) is 12.1 Å². The highest BCUT2D eigenvalue weighted by molar-refractivity contribution is 5.34. The number of nitrogens with zero attached hydrogens (tertiary/aromatic N) is 1. The van der Waals surface area contributed by atoms with Gasteiger partial charge in [-0.2, -0.15) is 0 Å². The molecule has 2 N–H and O–H groups in total.